The molecule has 0 aliphatic carbocycles. The molecule has 0 saturated carbocycles. The monoisotopic (exact) mass is 315 g/mol. The van der Waals surface area contributed by atoms with Crippen LogP contribution in [0.1, 0.15) is 24.8 Å². The Kier molecular flexibility index (Phi) is 3.38. The summed E-state index contributed by atoms with van der Waals surface area (Å²) in [5, 5.41) is 5.51. The van der Waals surface area contributed by atoms with Crippen molar-refractivity contribution in [1.29, 1.82) is 0 Å². The molecule has 2 aromatic heterocycles. The predicted octanol–water partition coefficient (Wildman–Crippen LogP) is 2.30. The lowest BCUT2D eigenvalue weighted by Crippen LogP contribution is -2.16. The summed E-state index contributed by atoms with van der Waals surface area (Å²) in [5.74, 6) is 1.10. The van der Waals surface area contributed by atoms with E-state index in [9.17, 15) is 0 Å². The maximum absolute atomic E-state index is 6.38. The fraction of sp³-hybridized carbons (Fsp3) is 0.400. The van der Waals surface area contributed by atoms with E-state index in [1.807, 2.05) is 6.26 Å². The average molecular weight is 315 g/mol. The smallest absolute Gasteiger partial charge is 0.252 e. The molecule has 22 heavy (non-hydrogen) atoms. The van der Waals surface area contributed by atoms with Gasteiger partial charge >= 0.3 is 0 Å². The predicted molar refractivity (Wildman–Crippen MR) is 85.8 cm³/mol. The molecule has 2 aliphatic rings. The summed E-state index contributed by atoms with van der Waals surface area (Å²) in [6, 6.07) is 1.78. The van der Waals surface area contributed by atoms with Gasteiger partial charge in [-0.2, -0.15) is 9.78 Å². The van der Waals surface area contributed by atoms with Gasteiger partial charge in [-0.15, -0.1) is 11.8 Å². The molecule has 6 nitrogen and oxygen atoms in total. The van der Waals surface area contributed by atoms with E-state index in [-0.39, 0.29) is 6.10 Å². The van der Waals surface area contributed by atoms with Crippen LogP contribution in [0.25, 0.3) is 11.5 Å². The molecule has 0 amide bonds. The Morgan fingerprint density at radius 2 is 2.14 bits per heavy atom. The van der Waals surface area contributed by atoms with Crippen LogP contribution in [0.15, 0.2) is 29.6 Å². The Morgan fingerprint density at radius 3 is 2.86 bits per heavy atom. The summed E-state index contributed by atoms with van der Waals surface area (Å²) in [5.41, 5.74) is 8.63. The van der Waals surface area contributed by atoms with Crippen molar-refractivity contribution < 1.29 is 4.74 Å². The number of rotatable bonds is 3. The van der Waals surface area contributed by atoms with E-state index < -0.39 is 0 Å². The van der Waals surface area contributed by atoms with Crippen molar-refractivity contribution in [3.05, 3.63) is 30.1 Å². The molecule has 2 N–H and O–H groups in total. The number of nitrogens with two attached hydrogens (primary N) is 1. The minimum absolute atomic E-state index is 0.221. The van der Waals surface area contributed by atoms with Gasteiger partial charge in [-0.25, -0.2) is 9.97 Å². The fourth-order valence-electron chi connectivity index (χ4n) is 3.14. The fourth-order valence-corrected chi connectivity index (χ4v) is 3.74. The Morgan fingerprint density at radius 1 is 1.32 bits per heavy atom. The van der Waals surface area contributed by atoms with Crippen molar-refractivity contribution in [2.24, 2.45) is 0 Å². The van der Waals surface area contributed by atoms with Crippen LogP contribution in [0.4, 0.5) is 5.82 Å². The highest BCUT2D eigenvalue weighted by Crippen LogP contribution is 2.41. The molecule has 2 atom stereocenters. The second-order valence-corrected chi connectivity index (χ2v) is 6.29. The van der Waals surface area contributed by atoms with Gasteiger partial charge in [0, 0.05) is 12.4 Å². The third-order valence-corrected chi connectivity index (χ3v) is 4.79. The summed E-state index contributed by atoms with van der Waals surface area (Å²) in [6.45, 7) is 0. The number of nitrogens with zero attached hydrogens (tertiary/aromatic N) is 4. The third kappa shape index (κ3) is 2.21. The van der Waals surface area contributed by atoms with Crippen molar-refractivity contribution in [3.8, 4) is 5.95 Å². The lowest BCUT2D eigenvalue weighted by atomic mass is 10.0. The molecular formula is C15H17N5OS. The standard InChI is InChI=1S/C15H17N5OS/c1-22-14-12(9-7-10-3-4-11(8-9)21-10)13(16)20(19-14)15-17-5-2-6-18-15/h2,5-7,10-11H,3-4,8,16H2,1H3. The van der Waals surface area contributed by atoms with Gasteiger partial charge in [0.1, 0.15) is 10.8 Å². The van der Waals surface area contributed by atoms with Crippen LogP contribution in [0, 0.1) is 0 Å². The van der Waals surface area contributed by atoms with E-state index in [4.69, 9.17) is 10.5 Å². The highest BCUT2D eigenvalue weighted by atomic mass is 32.2. The van der Waals surface area contributed by atoms with Crippen LogP contribution in [-0.2, 0) is 4.74 Å². The van der Waals surface area contributed by atoms with E-state index in [0.717, 1.165) is 29.9 Å². The summed E-state index contributed by atoms with van der Waals surface area (Å²) in [4.78, 5) is 8.48. The van der Waals surface area contributed by atoms with Crippen LogP contribution < -0.4 is 5.73 Å². The number of nitrogen functional groups attached to an aromatic ring is 1. The number of hydrogen-bond donors (Lipinski definition) is 1. The van der Waals surface area contributed by atoms with Gasteiger partial charge in [0.2, 0.25) is 0 Å². The van der Waals surface area contributed by atoms with Crippen molar-refractivity contribution >= 4 is 23.2 Å². The van der Waals surface area contributed by atoms with Crippen LogP contribution in [0.5, 0.6) is 0 Å². The third-order valence-electron chi connectivity index (χ3n) is 4.12. The number of fused-ring (bicyclic) bond motifs is 2. The topological polar surface area (TPSA) is 78.9 Å². The number of hydrogen-bond acceptors (Lipinski definition) is 6. The molecule has 2 unspecified atom stereocenters. The molecule has 4 heterocycles. The van der Waals surface area contributed by atoms with Gasteiger partial charge in [-0.1, -0.05) is 6.08 Å². The highest BCUT2D eigenvalue weighted by Gasteiger charge is 2.32. The Hall–Kier alpha value is -1.86. The Bertz CT molecular complexity index is 727. The molecule has 7 heteroatoms. The van der Waals surface area contributed by atoms with Gasteiger partial charge in [0.15, 0.2) is 0 Å². The highest BCUT2D eigenvalue weighted by molar-refractivity contribution is 7.98. The zero-order chi connectivity index (χ0) is 15.1. The first-order chi connectivity index (χ1) is 10.8. The first-order valence-corrected chi connectivity index (χ1v) is 8.55. The van der Waals surface area contributed by atoms with Crippen molar-refractivity contribution in [2.75, 3.05) is 12.0 Å². The summed E-state index contributed by atoms with van der Waals surface area (Å²) < 4.78 is 7.50. The molecule has 0 aromatic carbocycles. The van der Waals surface area contributed by atoms with Gasteiger partial charge in [0.25, 0.3) is 5.95 Å². The lowest BCUT2D eigenvalue weighted by molar-refractivity contribution is 0.0671. The molecular weight excluding hydrogens is 298 g/mol. The Balaban J connectivity index is 1.81. The van der Waals surface area contributed by atoms with Crippen molar-refractivity contribution in [2.45, 2.75) is 36.5 Å². The quantitative estimate of drug-likeness (QED) is 0.876. The summed E-state index contributed by atoms with van der Waals surface area (Å²) >= 11 is 1.59. The number of aromatic nitrogens is 4. The molecule has 2 bridgehead atoms. The summed E-state index contributed by atoms with van der Waals surface area (Å²) in [7, 11) is 0. The SMILES string of the molecule is CSc1nn(-c2ncccn2)c(N)c1C1=CC2CCC(C1)O2. The van der Waals surface area contributed by atoms with Gasteiger partial charge in [-0.05, 0) is 37.2 Å². The van der Waals surface area contributed by atoms with Crippen molar-refractivity contribution in [1.82, 2.24) is 19.7 Å². The largest absolute Gasteiger partial charge is 0.383 e. The normalized spacial score (nSPS) is 23.6. The van der Waals surface area contributed by atoms with E-state index >= 15 is 0 Å². The molecule has 0 spiro atoms. The molecule has 114 valence electrons. The number of ether oxygens (including phenoxy) is 1. The van der Waals surface area contributed by atoms with Gasteiger partial charge in [-0.3, -0.25) is 0 Å². The second kappa shape index (κ2) is 5.40. The van der Waals surface area contributed by atoms with Crippen LogP contribution in [0.3, 0.4) is 0 Å². The van der Waals surface area contributed by atoms with E-state index in [1.165, 1.54) is 5.57 Å². The van der Waals surface area contributed by atoms with Crippen LogP contribution >= 0.6 is 11.8 Å². The molecule has 2 aromatic rings. The van der Waals surface area contributed by atoms with Gasteiger partial charge < -0.3 is 10.5 Å². The molecule has 1 saturated heterocycles. The summed E-state index contributed by atoms with van der Waals surface area (Å²) in [6.07, 6.45) is 11.2. The first kappa shape index (κ1) is 13.8. The number of anilines is 1. The maximum atomic E-state index is 6.38. The lowest BCUT2D eigenvalue weighted by Gasteiger charge is -2.20. The van der Waals surface area contributed by atoms with Crippen LogP contribution in [-0.4, -0.2) is 38.2 Å². The first-order valence-electron chi connectivity index (χ1n) is 7.32. The second-order valence-electron chi connectivity index (χ2n) is 5.50. The van der Waals surface area contributed by atoms with E-state index in [2.05, 4.69) is 21.1 Å². The zero-order valence-corrected chi connectivity index (χ0v) is 13.1. The minimum Gasteiger partial charge on any atom is -0.383 e. The zero-order valence-electron chi connectivity index (χ0n) is 12.3. The van der Waals surface area contributed by atoms with E-state index in [1.54, 1.807) is 34.9 Å². The average Bonchev–Trinajstić information content (AvgIpc) is 3.07. The van der Waals surface area contributed by atoms with Crippen molar-refractivity contribution in [3.63, 3.8) is 0 Å². The molecule has 4 rings (SSSR count). The Labute approximate surface area is 132 Å². The molecule has 2 aliphatic heterocycles. The minimum atomic E-state index is 0.221. The maximum Gasteiger partial charge on any atom is 0.252 e. The number of thioether (sulfide) groups is 1. The molecule has 0 radical (unpaired) electrons. The molecule has 1 fully saturated rings. The van der Waals surface area contributed by atoms with E-state index in [0.29, 0.717) is 17.9 Å². The van der Waals surface area contributed by atoms with Gasteiger partial charge in [0.05, 0.1) is 17.8 Å². The van der Waals surface area contributed by atoms with Crippen LogP contribution in [0.2, 0.25) is 0 Å².